The minimum absolute atomic E-state index is 0.883. The lowest BCUT2D eigenvalue weighted by Gasteiger charge is -2.17. The van der Waals surface area contributed by atoms with Crippen LogP contribution >= 0.6 is 0 Å². The van der Waals surface area contributed by atoms with Gasteiger partial charge in [-0.1, -0.05) is 19.6 Å². The molecule has 0 amide bonds. The second-order valence-electron chi connectivity index (χ2n) is 4.80. The summed E-state index contributed by atoms with van der Waals surface area (Å²) in [5.74, 6) is 0.896. The van der Waals surface area contributed by atoms with E-state index in [0.717, 1.165) is 17.5 Å². The first-order valence-corrected chi connectivity index (χ1v) is 8.55. The molecule has 0 aromatic heterocycles. The lowest BCUT2D eigenvalue weighted by Crippen LogP contribution is -2.24. The first-order chi connectivity index (χ1) is 6.42. The number of methoxy groups -OCH3 is 1. The highest BCUT2D eigenvalue weighted by Gasteiger charge is 2.15. The fraction of sp³-hybridized carbons (Fsp3) is 0.455. The molecule has 0 aliphatic rings. The van der Waals surface area contributed by atoms with Gasteiger partial charge in [0.25, 0.3) is 0 Å². The molecule has 0 saturated heterocycles. The lowest BCUT2D eigenvalue weighted by atomic mass is 10.2. The molecular formula is C11H19NOSi. The maximum Gasteiger partial charge on any atom is 0.119 e. The summed E-state index contributed by atoms with van der Waals surface area (Å²) in [6, 6.07) is 6.99. The molecule has 1 aromatic carbocycles. The topological polar surface area (TPSA) is 35.2 Å². The summed E-state index contributed by atoms with van der Waals surface area (Å²) in [6.45, 7) is 7.02. The van der Waals surface area contributed by atoms with Gasteiger partial charge in [-0.15, -0.1) is 0 Å². The van der Waals surface area contributed by atoms with Crippen LogP contribution in [0, 0.1) is 0 Å². The molecule has 3 heteroatoms. The van der Waals surface area contributed by atoms with Crippen molar-refractivity contribution in [2.75, 3.05) is 12.8 Å². The van der Waals surface area contributed by atoms with Gasteiger partial charge in [0.2, 0.25) is 0 Å². The van der Waals surface area contributed by atoms with Crippen LogP contribution in [0.25, 0.3) is 0 Å². The number of anilines is 1. The Bertz CT molecular complexity index is 318. The normalized spacial score (nSPS) is 11.4. The Morgan fingerprint density at radius 3 is 2.43 bits per heavy atom. The molecule has 0 saturated carbocycles. The van der Waals surface area contributed by atoms with Crippen LogP contribution in [0.5, 0.6) is 5.75 Å². The molecule has 0 aliphatic heterocycles. The highest BCUT2D eigenvalue weighted by atomic mass is 28.3. The van der Waals surface area contributed by atoms with E-state index in [2.05, 4.69) is 19.6 Å². The molecule has 0 bridgehead atoms. The van der Waals surface area contributed by atoms with Gasteiger partial charge in [-0.05, 0) is 29.8 Å². The molecule has 0 fully saturated rings. The predicted molar refractivity (Wildman–Crippen MR) is 64.5 cm³/mol. The SMILES string of the molecule is COc1ccc(N)c(C[Si](C)(C)C)c1. The summed E-state index contributed by atoms with van der Waals surface area (Å²) in [7, 11) is 0.584. The minimum atomic E-state index is -1.10. The molecule has 2 N–H and O–H groups in total. The Kier molecular flexibility index (Phi) is 3.21. The van der Waals surface area contributed by atoms with Crippen LogP contribution in [0.3, 0.4) is 0 Å². The monoisotopic (exact) mass is 209 g/mol. The molecule has 0 radical (unpaired) electrons. The van der Waals surface area contributed by atoms with E-state index in [1.54, 1.807) is 7.11 Å². The molecule has 2 nitrogen and oxygen atoms in total. The number of ether oxygens (including phenoxy) is 1. The first-order valence-electron chi connectivity index (χ1n) is 4.85. The minimum Gasteiger partial charge on any atom is -0.497 e. The van der Waals surface area contributed by atoms with Crippen LogP contribution in [-0.4, -0.2) is 15.2 Å². The van der Waals surface area contributed by atoms with Crippen molar-refractivity contribution in [1.29, 1.82) is 0 Å². The average Bonchev–Trinajstić information content (AvgIpc) is 2.06. The van der Waals surface area contributed by atoms with E-state index in [1.807, 2.05) is 18.2 Å². The second kappa shape index (κ2) is 4.05. The van der Waals surface area contributed by atoms with Crippen LogP contribution in [-0.2, 0) is 6.04 Å². The molecule has 1 rings (SSSR count). The zero-order valence-electron chi connectivity index (χ0n) is 9.42. The quantitative estimate of drug-likeness (QED) is 0.613. The van der Waals surface area contributed by atoms with Crippen LogP contribution in [0.1, 0.15) is 5.56 Å². The number of nitrogen functional groups attached to an aromatic ring is 1. The summed E-state index contributed by atoms with van der Waals surface area (Å²) in [5, 5.41) is 0. The van der Waals surface area contributed by atoms with Crippen LogP contribution < -0.4 is 10.5 Å². The third kappa shape index (κ3) is 3.07. The van der Waals surface area contributed by atoms with E-state index in [0.29, 0.717) is 0 Å². The van der Waals surface area contributed by atoms with Crippen LogP contribution in [0.15, 0.2) is 18.2 Å². The molecule has 1 aromatic rings. The molecule has 0 unspecified atom stereocenters. The molecule has 0 spiro atoms. The largest absolute Gasteiger partial charge is 0.497 e. The summed E-state index contributed by atoms with van der Waals surface area (Å²) in [4.78, 5) is 0. The van der Waals surface area contributed by atoms with Gasteiger partial charge in [0, 0.05) is 13.8 Å². The number of hydrogen-bond donors (Lipinski definition) is 1. The van der Waals surface area contributed by atoms with Gasteiger partial charge < -0.3 is 10.5 Å². The van der Waals surface area contributed by atoms with Gasteiger partial charge in [-0.25, -0.2) is 0 Å². The molecular weight excluding hydrogens is 190 g/mol. The van der Waals surface area contributed by atoms with Gasteiger partial charge in [-0.3, -0.25) is 0 Å². The second-order valence-corrected chi connectivity index (χ2v) is 10.3. The van der Waals surface area contributed by atoms with E-state index in [4.69, 9.17) is 10.5 Å². The Morgan fingerprint density at radius 2 is 1.93 bits per heavy atom. The summed E-state index contributed by atoms with van der Waals surface area (Å²) in [6.07, 6.45) is 0. The standard InChI is InChI=1S/C11H19NOSi/c1-13-10-5-6-11(12)9(7-10)8-14(2,3)4/h5-7H,8,12H2,1-4H3. The Labute approximate surface area is 87.1 Å². The fourth-order valence-corrected chi connectivity index (χ4v) is 2.88. The molecule has 0 atom stereocenters. The van der Waals surface area contributed by atoms with E-state index < -0.39 is 8.07 Å². The van der Waals surface area contributed by atoms with E-state index >= 15 is 0 Å². The maximum atomic E-state index is 5.92. The highest BCUT2D eigenvalue weighted by Crippen LogP contribution is 2.23. The van der Waals surface area contributed by atoms with Crippen LogP contribution in [0.4, 0.5) is 5.69 Å². The molecule has 78 valence electrons. The van der Waals surface area contributed by atoms with E-state index in [9.17, 15) is 0 Å². The van der Waals surface area contributed by atoms with Crippen molar-refractivity contribution in [2.24, 2.45) is 0 Å². The average molecular weight is 209 g/mol. The maximum absolute atomic E-state index is 5.92. The fourth-order valence-electron chi connectivity index (χ4n) is 1.43. The van der Waals surface area contributed by atoms with Crippen molar-refractivity contribution in [3.8, 4) is 5.75 Å². The van der Waals surface area contributed by atoms with Gasteiger partial charge in [0.15, 0.2) is 0 Å². The summed E-state index contributed by atoms with van der Waals surface area (Å²) >= 11 is 0. The van der Waals surface area contributed by atoms with Crippen LogP contribution in [0.2, 0.25) is 19.6 Å². The predicted octanol–water partition coefficient (Wildman–Crippen LogP) is 2.70. The summed E-state index contributed by atoms with van der Waals surface area (Å²) in [5.41, 5.74) is 8.03. The number of nitrogens with two attached hydrogens (primary N) is 1. The Morgan fingerprint density at radius 1 is 1.29 bits per heavy atom. The van der Waals surface area contributed by atoms with Crippen molar-refractivity contribution in [3.63, 3.8) is 0 Å². The molecule has 14 heavy (non-hydrogen) atoms. The third-order valence-corrected chi connectivity index (χ3v) is 3.51. The van der Waals surface area contributed by atoms with Gasteiger partial charge >= 0.3 is 0 Å². The molecule has 0 heterocycles. The van der Waals surface area contributed by atoms with Crippen molar-refractivity contribution in [2.45, 2.75) is 25.7 Å². The van der Waals surface area contributed by atoms with Crippen molar-refractivity contribution < 1.29 is 4.74 Å². The van der Waals surface area contributed by atoms with Crippen molar-refractivity contribution >= 4 is 13.8 Å². The smallest absolute Gasteiger partial charge is 0.119 e. The van der Waals surface area contributed by atoms with Gasteiger partial charge in [-0.2, -0.15) is 0 Å². The zero-order chi connectivity index (χ0) is 10.8. The third-order valence-electron chi connectivity index (χ3n) is 2.07. The number of rotatable bonds is 3. The first kappa shape index (κ1) is 11.1. The van der Waals surface area contributed by atoms with Crippen molar-refractivity contribution in [1.82, 2.24) is 0 Å². The molecule has 0 aliphatic carbocycles. The highest BCUT2D eigenvalue weighted by molar-refractivity contribution is 6.75. The zero-order valence-corrected chi connectivity index (χ0v) is 10.4. The van der Waals surface area contributed by atoms with Gasteiger partial charge in [0.05, 0.1) is 7.11 Å². The Balaban J connectivity index is 2.95. The van der Waals surface area contributed by atoms with E-state index in [-0.39, 0.29) is 0 Å². The Hall–Kier alpha value is -0.963. The van der Waals surface area contributed by atoms with Gasteiger partial charge in [0.1, 0.15) is 5.75 Å². The summed E-state index contributed by atoms with van der Waals surface area (Å²) < 4.78 is 5.18. The van der Waals surface area contributed by atoms with E-state index in [1.165, 1.54) is 5.56 Å². The number of benzene rings is 1. The van der Waals surface area contributed by atoms with Crippen molar-refractivity contribution in [3.05, 3.63) is 23.8 Å². The number of hydrogen-bond acceptors (Lipinski definition) is 2. The lowest BCUT2D eigenvalue weighted by molar-refractivity contribution is 0.414.